The summed E-state index contributed by atoms with van der Waals surface area (Å²) in [5.41, 5.74) is 15.8. The number of carbonyl (C=O) groups excluding carboxylic acids is 1. The van der Waals surface area contributed by atoms with Crippen LogP contribution in [0.3, 0.4) is 0 Å². The van der Waals surface area contributed by atoms with Crippen molar-refractivity contribution < 1.29 is 14.1 Å². The molecule has 20 heteroatoms. The van der Waals surface area contributed by atoms with Crippen LogP contribution in [-0.2, 0) is 0 Å². The molecule has 0 radical (unpaired) electrons. The van der Waals surface area contributed by atoms with Crippen LogP contribution in [0.5, 0.6) is 0 Å². The molecule has 11 aromatic rings. The maximum absolute atomic E-state index is 10.7. The number of fused-ring (bicyclic) bond motifs is 6. The lowest BCUT2D eigenvalue weighted by Gasteiger charge is -1.92. The smallest absolute Gasteiger partial charge is 0.244 e. The Bertz CT molecular complexity index is 3400. The number of amides is 2. The minimum Gasteiger partial charge on any atom is -0.244 e. The minimum absolute atomic E-state index is 0.398. The molecule has 1 N–H and O–H groups in total. The van der Waals surface area contributed by atoms with Gasteiger partial charge in [0.15, 0.2) is 5.52 Å². The molecule has 12 rings (SSSR count). The van der Waals surface area contributed by atoms with Crippen LogP contribution in [0.25, 0.3) is 55.2 Å². The Morgan fingerprint density at radius 3 is 1.81 bits per heavy atom. The van der Waals surface area contributed by atoms with E-state index in [1.54, 1.807) is 6.07 Å². The van der Waals surface area contributed by atoms with E-state index in [1.165, 1.54) is 28.4 Å². The standard InChI is InChI=1S/C8H5N3S.C8H6N2O.C7H5ClN2O.C7H7N3.C7H6N2O.C7H6N2S/c1-5-2-6(4-9)8-7(3-5)10-12-11-8;1-5-2-3-6-7(4-5)10-8(11)9-6;1-4-2-5(8)7-6(3-4)9-11-10-7;3*1-5-2-3-6-7(4-5)9-10-8-6/h2-3H,1H3;2-4H,1H3;2-3H,1H3;2-4H,1H3,(H,8,9,10);2*2-4H,1H3. The number of carbonyl (C=O) groups is 1. The first-order chi connectivity index (χ1) is 30.9. The van der Waals surface area contributed by atoms with Crippen molar-refractivity contribution in [3.8, 4) is 6.07 Å². The number of hydrogen-bond acceptors (Lipinski definition) is 16. The quantitative estimate of drug-likeness (QED) is 0.149. The predicted molar refractivity (Wildman–Crippen MR) is 245 cm³/mol. The summed E-state index contributed by atoms with van der Waals surface area (Å²) in [6, 6.07) is 32.6. The summed E-state index contributed by atoms with van der Waals surface area (Å²) in [5, 5.41) is 35.8. The molecule has 0 atom stereocenters. The third-order valence-electron chi connectivity index (χ3n) is 8.94. The van der Waals surface area contributed by atoms with Gasteiger partial charge in [0, 0.05) is 0 Å². The molecule has 0 aliphatic carbocycles. The second-order valence-electron chi connectivity index (χ2n) is 14.3. The number of nitrogens with zero attached hydrogens (tertiary/aromatic N) is 13. The molecule has 0 spiro atoms. The van der Waals surface area contributed by atoms with Crippen LogP contribution in [0.15, 0.2) is 116 Å². The van der Waals surface area contributed by atoms with Gasteiger partial charge in [-0.3, -0.25) is 0 Å². The molecule has 0 unspecified atom stereocenters. The van der Waals surface area contributed by atoms with Gasteiger partial charge in [-0.05, 0) is 168 Å². The van der Waals surface area contributed by atoms with E-state index >= 15 is 0 Å². The van der Waals surface area contributed by atoms with E-state index in [4.69, 9.17) is 16.9 Å². The van der Waals surface area contributed by atoms with Crippen LogP contribution in [0.1, 0.15) is 38.9 Å². The zero-order chi connectivity index (χ0) is 45.2. The molecule has 0 fully saturated rings. The average molecular weight is 907 g/mol. The first-order valence-corrected chi connectivity index (χ1v) is 21.0. The number of rotatable bonds is 0. The van der Waals surface area contributed by atoms with Crippen molar-refractivity contribution in [3.05, 3.63) is 152 Å². The second-order valence-corrected chi connectivity index (χ2v) is 15.7. The fourth-order valence-electron chi connectivity index (χ4n) is 5.88. The van der Waals surface area contributed by atoms with Crippen molar-refractivity contribution in [1.82, 2.24) is 53.5 Å². The SMILES string of the molecule is Cc1cc(C#N)c2nsnc2c1.Cc1cc(Cl)c2nonc2c1.Cc1ccc2c(c1)=NC(=O)N=2.Cc1ccc2n[nH]nc2c1.Cc1ccc2nonc2c1.Cc1ccc2nsnc2c1. The molecule has 1 aliphatic heterocycles. The molecule has 0 saturated carbocycles. The highest BCUT2D eigenvalue weighted by Gasteiger charge is 2.06. The van der Waals surface area contributed by atoms with E-state index in [0.717, 1.165) is 67.0 Å². The van der Waals surface area contributed by atoms with Crippen LogP contribution in [0.4, 0.5) is 4.79 Å². The Morgan fingerprint density at radius 1 is 0.500 bits per heavy atom. The van der Waals surface area contributed by atoms with Crippen molar-refractivity contribution in [2.45, 2.75) is 41.5 Å². The zero-order valence-electron chi connectivity index (χ0n) is 35.0. The zero-order valence-corrected chi connectivity index (χ0v) is 37.4. The first-order valence-electron chi connectivity index (χ1n) is 19.2. The number of urea groups is 1. The van der Waals surface area contributed by atoms with E-state index in [2.05, 4.69) is 85.8 Å². The summed E-state index contributed by atoms with van der Waals surface area (Å²) >= 11 is 8.24. The maximum Gasteiger partial charge on any atom is 0.368 e. The Labute approximate surface area is 376 Å². The van der Waals surface area contributed by atoms with Crippen LogP contribution in [0, 0.1) is 52.9 Å². The number of aromatic amines is 1. The highest BCUT2D eigenvalue weighted by Crippen LogP contribution is 2.22. The lowest BCUT2D eigenvalue weighted by Crippen LogP contribution is -2.20. The molecular weight excluding hydrogens is 872 g/mol. The van der Waals surface area contributed by atoms with Crippen molar-refractivity contribution >= 4 is 96.3 Å². The summed E-state index contributed by atoms with van der Waals surface area (Å²) in [5.74, 6) is 0. The largest absolute Gasteiger partial charge is 0.368 e. The number of H-pyrrole nitrogens is 1. The molecule has 0 saturated heterocycles. The summed E-state index contributed by atoms with van der Waals surface area (Å²) in [7, 11) is 0. The molecule has 5 aromatic heterocycles. The van der Waals surface area contributed by atoms with Crippen LogP contribution in [-0.4, -0.2) is 59.6 Å². The lowest BCUT2D eigenvalue weighted by atomic mass is 10.1. The van der Waals surface area contributed by atoms with E-state index in [0.29, 0.717) is 37.9 Å². The molecule has 6 aromatic carbocycles. The van der Waals surface area contributed by atoms with Crippen molar-refractivity contribution in [2.75, 3.05) is 0 Å². The van der Waals surface area contributed by atoms with Gasteiger partial charge < -0.3 is 0 Å². The molecule has 0 bridgehead atoms. The molecule has 17 nitrogen and oxygen atoms in total. The maximum atomic E-state index is 10.7. The topological polar surface area (TPSA) is 237 Å². The summed E-state index contributed by atoms with van der Waals surface area (Å²) < 4.78 is 25.3. The third kappa shape index (κ3) is 11.4. The molecule has 318 valence electrons. The Morgan fingerprint density at radius 2 is 1.03 bits per heavy atom. The number of nitrogens with one attached hydrogen (secondary N) is 1. The highest BCUT2D eigenvalue weighted by atomic mass is 35.5. The van der Waals surface area contributed by atoms with Crippen LogP contribution >= 0.6 is 35.1 Å². The summed E-state index contributed by atoms with van der Waals surface area (Å²) in [6.07, 6.45) is 0. The monoisotopic (exact) mass is 906 g/mol. The Hall–Kier alpha value is -7.79. The van der Waals surface area contributed by atoms with Gasteiger partial charge in [0.05, 0.1) is 44.8 Å². The number of hydrogen-bond donors (Lipinski definition) is 1. The van der Waals surface area contributed by atoms with E-state index in [1.807, 2.05) is 126 Å². The molecule has 1 aliphatic rings. The van der Waals surface area contributed by atoms with Gasteiger partial charge in [-0.2, -0.15) is 48.2 Å². The van der Waals surface area contributed by atoms with Gasteiger partial charge >= 0.3 is 6.03 Å². The predicted octanol–water partition coefficient (Wildman–Crippen LogP) is 9.22. The molecule has 6 heterocycles. The van der Waals surface area contributed by atoms with Crippen molar-refractivity contribution in [3.63, 3.8) is 0 Å². The normalized spacial score (nSPS) is 11.0. The summed E-state index contributed by atoms with van der Waals surface area (Å²) in [6.45, 7) is 11.9. The minimum atomic E-state index is -0.398. The van der Waals surface area contributed by atoms with E-state index < -0.39 is 6.03 Å². The van der Waals surface area contributed by atoms with Gasteiger partial charge in [0.25, 0.3) is 0 Å². The fraction of sp³-hybridized carbons (Fsp3) is 0.136. The molecular formula is C44H35ClN14O3S2. The van der Waals surface area contributed by atoms with E-state index in [-0.39, 0.29) is 0 Å². The van der Waals surface area contributed by atoms with Gasteiger partial charge in [0.1, 0.15) is 55.7 Å². The van der Waals surface area contributed by atoms with Gasteiger partial charge in [-0.25, -0.2) is 14.1 Å². The average Bonchev–Trinajstić information content (AvgIpc) is 4.13. The fourth-order valence-corrected chi connectivity index (χ4v) is 7.24. The number of nitriles is 1. The third-order valence-corrected chi connectivity index (χ3v) is 10.3. The molecule has 2 amide bonds. The van der Waals surface area contributed by atoms with Crippen molar-refractivity contribution in [1.29, 1.82) is 5.26 Å². The lowest BCUT2D eigenvalue weighted by molar-refractivity contribution is 0.256. The number of aryl methyl sites for hydroxylation is 6. The van der Waals surface area contributed by atoms with Crippen LogP contribution < -0.4 is 10.7 Å². The first kappa shape index (κ1) is 44.3. The number of benzene rings is 6. The van der Waals surface area contributed by atoms with E-state index in [9.17, 15) is 4.79 Å². The highest BCUT2D eigenvalue weighted by molar-refractivity contribution is 7.00. The molecule has 64 heavy (non-hydrogen) atoms. The Kier molecular flexibility index (Phi) is 14.1. The summed E-state index contributed by atoms with van der Waals surface area (Å²) in [4.78, 5) is 18.1. The van der Waals surface area contributed by atoms with Crippen LogP contribution in [0.2, 0.25) is 5.02 Å². The number of aromatic nitrogens is 11. The Balaban J connectivity index is 0.000000115. The van der Waals surface area contributed by atoms with Gasteiger partial charge in [-0.15, -0.1) is 0 Å². The van der Waals surface area contributed by atoms with Gasteiger partial charge in [-0.1, -0.05) is 35.9 Å². The number of halogens is 1. The second kappa shape index (κ2) is 20.4. The van der Waals surface area contributed by atoms with Crippen molar-refractivity contribution in [2.24, 2.45) is 9.98 Å². The van der Waals surface area contributed by atoms with Gasteiger partial charge in [0.2, 0.25) is 0 Å².